The van der Waals surface area contributed by atoms with Gasteiger partial charge in [-0.25, -0.2) is 15.2 Å². The number of nitrogens with zero attached hydrogens (tertiary/aromatic N) is 3. The lowest BCUT2D eigenvalue weighted by Gasteiger charge is -2.01. The van der Waals surface area contributed by atoms with Gasteiger partial charge < -0.3 is 10.3 Å². The van der Waals surface area contributed by atoms with Gasteiger partial charge >= 0.3 is 6.03 Å². The zero-order chi connectivity index (χ0) is 14.7. The Morgan fingerprint density at radius 2 is 2.33 bits per heavy atom. The highest BCUT2D eigenvalue weighted by atomic mass is 32.1. The molecule has 0 bridgehead atoms. The van der Waals surface area contributed by atoms with Crippen molar-refractivity contribution in [2.75, 3.05) is 0 Å². The third-order valence-electron chi connectivity index (χ3n) is 2.92. The molecule has 0 radical (unpaired) electrons. The normalized spacial score (nSPS) is 11.2. The molecule has 3 aromatic rings. The van der Waals surface area contributed by atoms with Crippen LogP contribution in [0.2, 0.25) is 0 Å². The number of thiophene rings is 1. The van der Waals surface area contributed by atoms with E-state index in [0.29, 0.717) is 0 Å². The van der Waals surface area contributed by atoms with Gasteiger partial charge in [0.2, 0.25) is 0 Å². The van der Waals surface area contributed by atoms with Crippen LogP contribution < -0.4 is 11.2 Å². The molecule has 0 aliphatic carbocycles. The smallest absolute Gasteiger partial charge is 0.332 e. The van der Waals surface area contributed by atoms with Crippen LogP contribution in [0.4, 0.5) is 4.79 Å². The van der Waals surface area contributed by atoms with E-state index < -0.39 is 6.03 Å². The quantitative estimate of drug-likeness (QED) is 0.571. The zero-order valence-corrected chi connectivity index (χ0v) is 11.9. The van der Waals surface area contributed by atoms with Gasteiger partial charge in [-0.05, 0) is 29.1 Å². The van der Waals surface area contributed by atoms with E-state index in [9.17, 15) is 4.79 Å². The monoisotopic (exact) mass is 299 g/mol. The number of aromatic nitrogens is 2. The number of benzene rings is 1. The Labute approximate surface area is 124 Å². The van der Waals surface area contributed by atoms with Crippen molar-refractivity contribution in [2.45, 2.75) is 6.54 Å². The summed E-state index contributed by atoms with van der Waals surface area (Å²) in [7, 11) is 0. The third kappa shape index (κ3) is 3.09. The molecule has 0 atom stereocenters. The maximum absolute atomic E-state index is 10.5. The molecule has 21 heavy (non-hydrogen) atoms. The number of nitrogens with one attached hydrogen (secondary N) is 1. The summed E-state index contributed by atoms with van der Waals surface area (Å²) in [6.45, 7) is 0.744. The van der Waals surface area contributed by atoms with Crippen LogP contribution in [0.25, 0.3) is 11.0 Å². The highest BCUT2D eigenvalue weighted by Crippen LogP contribution is 2.17. The van der Waals surface area contributed by atoms with Crippen molar-refractivity contribution in [2.24, 2.45) is 10.8 Å². The van der Waals surface area contributed by atoms with Crippen LogP contribution in [0.3, 0.4) is 0 Å². The summed E-state index contributed by atoms with van der Waals surface area (Å²) >= 11 is 1.55. The number of rotatable bonds is 4. The lowest BCUT2D eigenvalue weighted by molar-refractivity contribution is 0.249. The van der Waals surface area contributed by atoms with Gasteiger partial charge in [0.05, 0.1) is 23.6 Å². The number of hydrazone groups is 1. The molecule has 0 saturated carbocycles. The Balaban J connectivity index is 1.75. The first-order valence-electron chi connectivity index (χ1n) is 6.28. The molecule has 106 valence electrons. The van der Waals surface area contributed by atoms with Crippen LogP contribution in [0.1, 0.15) is 10.4 Å². The number of hydrogen-bond donors (Lipinski definition) is 2. The Morgan fingerprint density at radius 3 is 3.19 bits per heavy atom. The van der Waals surface area contributed by atoms with Crippen molar-refractivity contribution < 1.29 is 4.79 Å². The summed E-state index contributed by atoms with van der Waals surface area (Å²) in [6, 6.07) is 9.37. The van der Waals surface area contributed by atoms with E-state index in [1.54, 1.807) is 17.6 Å². The number of amides is 2. The van der Waals surface area contributed by atoms with Crippen LogP contribution in [0, 0.1) is 0 Å². The van der Waals surface area contributed by atoms with Gasteiger partial charge in [0, 0.05) is 11.4 Å². The van der Waals surface area contributed by atoms with Gasteiger partial charge in [-0.15, -0.1) is 11.3 Å². The number of urea groups is 1. The first-order valence-corrected chi connectivity index (χ1v) is 7.16. The van der Waals surface area contributed by atoms with Gasteiger partial charge in [-0.2, -0.15) is 5.10 Å². The van der Waals surface area contributed by atoms with E-state index >= 15 is 0 Å². The number of hydrogen-bond acceptors (Lipinski definition) is 4. The Kier molecular flexibility index (Phi) is 3.65. The molecule has 3 rings (SSSR count). The minimum Gasteiger partial charge on any atom is -0.350 e. The standard InChI is InChI=1S/C14H13N5OS/c15-14(20)18-17-6-11-5-10(8-21-11)7-19-9-16-12-3-1-2-4-13(12)19/h1-6,8-9H,7H2,(H3,15,18,20)/b17-6+. The fourth-order valence-corrected chi connectivity index (χ4v) is 2.80. The highest BCUT2D eigenvalue weighted by molar-refractivity contribution is 7.11. The van der Waals surface area contributed by atoms with E-state index in [4.69, 9.17) is 5.73 Å². The number of carbonyl (C=O) groups excluding carboxylic acids is 1. The molecule has 0 aliphatic heterocycles. The minimum absolute atomic E-state index is 0.673. The van der Waals surface area contributed by atoms with E-state index in [2.05, 4.69) is 25.5 Å². The summed E-state index contributed by atoms with van der Waals surface area (Å²) in [5.41, 5.74) is 10.4. The third-order valence-corrected chi connectivity index (χ3v) is 3.84. The van der Waals surface area contributed by atoms with E-state index in [1.807, 2.05) is 36.7 Å². The summed E-state index contributed by atoms with van der Waals surface area (Å²) in [4.78, 5) is 15.8. The molecule has 7 heteroatoms. The Bertz CT molecular complexity index is 804. The lowest BCUT2D eigenvalue weighted by atomic mass is 10.3. The molecule has 0 saturated heterocycles. The SMILES string of the molecule is NC(=O)N/N=C/c1cc(Cn2cnc3ccccc32)cs1. The molecule has 6 nitrogen and oxygen atoms in total. The van der Waals surface area contributed by atoms with Crippen molar-refractivity contribution in [3.8, 4) is 0 Å². The lowest BCUT2D eigenvalue weighted by Crippen LogP contribution is -2.24. The molecule has 3 N–H and O–H groups in total. The largest absolute Gasteiger partial charge is 0.350 e. The average Bonchev–Trinajstić information content (AvgIpc) is 3.07. The fraction of sp³-hybridized carbons (Fsp3) is 0.0714. The first-order chi connectivity index (χ1) is 10.2. The molecule has 2 heterocycles. The zero-order valence-electron chi connectivity index (χ0n) is 11.1. The van der Waals surface area contributed by atoms with Crippen LogP contribution in [0.15, 0.2) is 47.1 Å². The second-order valence-electron chi connectivity index (χ2n) is 4.45. The molecule has 0 unspecified atom stereocenters. The maximum Gasteiger partial charge on any atom is 0.332 e. The van der Waals surface area contributed by atoms with E-state index in [-0.39, 0.29) is 0 Å². The van der Waals surface area contributed by atoms with Crippen molar-refractivity contribution >= 4 is 34.6 Å². The van der Waals surface area contributed by atoms with Gasteiger partial charge in [-0.3, -0.25) is 0 Å². The predicted molar refractivity (Wildman–Crippen MR) is 83.5 cm³/mol. The van der Waals surface area contributed by atoms with Gasteiger partial charge in [0.15, 0.2) is 0 Å². The highest BCUT2D eigenvalue weighted by Gasteiger charge is 2.04. The molecule has 2 amide bonds. The number of fused-ring (bicyclic) bond motifs is 1. The topological polar surface area (TPSA) is 85.3 Å². The molecule has 0 spiro atoms. The van der Waals surface area contributed by atoms with E-state index in [1.165, 1.54) is 0 Å². The van der Waals surface area contributed by atoms with Crippen molar-refractivity contribution in [3.63, 3.8) is 0 Å². The first kappa shape index (κ1) is 13.3. The summed E-state index contributed by atoms with van der Waals surface area (Å²) < 4.78 is 2.10. The van der Waals surface area contributed by atoms with E-state index in [0.717, 1.165) is 28.0 Å². The summed E-state index contributed by atoms with van der Waals surface area (Å²) in [5, 5.41) is 5.80. The molecular formula is C14H13N5OS. The summed E-state index contributed by atoms with van der Waals surface area (Å²) in [5.74, 6) is 0. The summed E-state index contributed by atoms with van der Waals surface area (Å²) in [6.07, 6.45) is 3.41. The molecular weight excluding hydrogens is 286 g/mol. The fourth-order valence-electron chi connectivity index (χ4n) is 2.04. The predicted octanol–water partition coefficient (Wildman–Crippen LogP) is 2.15. The number of primary amides is 1. The van der Waals surface area contributed by atoms with Gasteiger partial charge in [0.25, 0.3) is 0 Å². The van der Waals surface area contributed by atoms with Crippen LogP contribution in [-0.2, 0) is 6.54 Å². The Hall–Kier alpha value is -2.67. The van der Waals surface area contributed by atoms with Crippen molar-refractivity contribution in [1.82, 2.24) is 15.0 Å². The number of nitrogens with two attached hydrogens (primary N) is 1. The molecule has 1 aromatic carbocycles. The van der Waals surface area contributed by atoms with Crippen molar-refractivity contribution in [3.05, 3.63) is 52.5 Å². The second kappa shape index (κ2) is 5.76. The number of para-hydroxylation sites is 2. The van der Waals surface area contributed by atoms with Crippen LogP contribution in [0.5, 0.6) is 0 Å². The molecule has 0 fully saturated rings. The average molecular weight is 299 g/mol. The molecule has 2 aromatic heterocycles. The van der Waals surface area contributed by atoms with Crippen LogP contribution >= 0.6 is 11.3 Å². The van der Waals surface area contributed by atoms with Gasteiger partial charge in [-0.1, -0.05) is 12.1 Å². The van der Waals surface area contributed by atoms with Crippen molar-refractivity contribution in [1.29, 1.82) is 0 Å². The molecule has 0 aliphatic rings. The van der Waals surface area contributed by atoms with Gasteiger partial charge in [0.1, 0.15) is 0 Å². The second-order valence-corrected chi connectivity index (χ2v) is 5.40. The minimum atomic E-state index is -0.673. The maximum atomic E-state index is 10.5. The van der Waals surface area contributed by atoms with Crippen LogP contribution in [-0.4, -0.2) is 21.8 Å². The number of carbonyl (C=O) groups is 1. The number of imidazole rings is 1. The Morgan fingerprint density at radius 1 is 1.48 bits per heavy atom.